The molecule has 0 saturated heterocycles. The van der Waals surface area contributed by atoms with Gasteiger partial charge in [0, 0.05) is 24.6 Å². The first-order chi connectivity index (χ1) is 8.29. The summed E-state index contributed by atoms with van der Waals surface area (Å²) in [5, 5.41) is 21.3. The molecule has 0 radical (unpaired) electrons. The van der Waals surface area contributed by atoms with Crippen molar-refractivity contribution in [2.75, 3.05) is 5.32 Å². The second kappa shape index (κ2) is 4.99. The molecular weight excluding hydrogens is 214 g/mol. The van der Waals surface area contributed by atoms with Crippen LogP contribution >= 0.6 is 0 Å². The molecule has 4 nitrogen and oxygen atoms in total. The number of aromatic hydroxyl groups is 1. The molecule has 0 spiro atoms. The number of hydrogen-bond acceptors (Lipinski definition) is 4. The number of nitrogens with one attached hydrogen (secondary N) is 1. The molecule has 1 heterocycles. The number of phenols is 1. The fourth-order valence-corrected chi connectivity index (χ4v) is 1.44. The number of aromatic nitrogens is 1. The first kappa shape index (κ1) is 11.0. The van der Waals surface area contributed by atoms with Gasteiger partial charge in [0.2, 0.25) is 0 Å². The van der Waals surface area contributed by atoms with E-state index >= 15 is 0 Å². The Bertz CT molecular complexity index is 546. The maximum Gasteiger partial charge on any atom is 0.133 e. The molecule has 0 amide bonds. The van der Waals surface area contributed by atoms with Crippen LogP contribution in [-0.4, -0.2) is 10.1 Å². The van der Waals surface area contributed by atoms with E-state index in [2.05, 4.69) is 10.3 Å². The molecule has 84 valence electrons. The zero-order chi connectivity index (χ0) is 12.1. The number of anilines is 1. The maximum atomic E-state index is 9.36. The van der Waals surface area contributed by atoms with Gasteiger partial charge in [0.05, 0.1) is 5.56 Å². The van der Waals surface area contributed by atoms with Gasteiger partial charge in [-0.25, -0.2) is 0 Å². The molecular formula is C13H11N3O. The Balaban J connectivity index is 2.08. The third kappa shape index (κ3) is 2.73. The molecule has 0 bridgehead atoms. The number of rotatable bonds is 3. The normalized spacial score (nSPS) is 9.59. The predicted molar refractivity (Wildman–Crippen MR) is 64.4 cm³/mol. The van der Waals surface area contributed by atoms with Gasteiger partial charge in [0.1, 0.15) is 11.8 Å². The topological polar surface area (TPSA) is 68.9 Å². The van der Waals surface area contributed by atoms with E-state index in [0.29, 0.717) is 6.54 Å². The van der Waals surface area contributed by atoms with Gasteiger partial charge in [-0.2, -0.15) is 5.26 Å². The first-order valence-corrected chi connectivity index (χ1v) is 5.15. The number of nitriles is 1. The summed E-state index contributed by atoms with van der Waals surface area (Å²) >= 11 is 0. The summed E-state index contributed by atoms with van der Waals surface area (Å²) in [5.41, 5.74) is 2.11. The second-order valence-corrected chi connectivity index (χ2v) is 3.56. The first-order valence-electron chi connectivity index (χ1n) is 5.15. The molecule has 0 aliphatic carbocycles. The molecule has 2 aromatic rings. The van der Waals surface area contributed by atoms with Crippen molar-refractivity contribution < 1.29 is 5.11 Å². The van der Waals surface area contributed by atoms with Gasteiger partial charge in [0.25, 0.3) is 0 Å². The Morgan fingerprint density at radius 3 is 2.94 bits per heavy atom. The number of phenolic OH excluding ortho intramolecular Hbond substituents is 1. The smallest absolute Gasteiger partial charge is 0.133 e. The average Bonchev–Trinajstić information content (AvgIpc) is 2.39. The maximum absolute atomic E-state index is 9.36. The van der Waals surface area contributed by atoms with Gasteiger partial charge >= 0.3 is 0 Å². The van der Waals surface area contributed by atoms with Crippen molar-refractivity contribution >= 4 is 5.69 Å². The van der Waals surface area contributed by atoms with Gasteiger partial charge < -0.3 is 10.4 Å². The standard InChI is InChI=1S/C13H11N3O/c14-7-11-6-12(3-4-13(11)17)16-9-10-2-1-5-15-8-10/h1-6,8,16-17H,9H2. The molecule has 1 aromatic heterocycles. The minimum absolute atomic E-state index is 0.000530. The largest absolute Gasteiger partial charge is 0.507 e. The molecule has 2 rings (SSSR count). The number of hydrogen-bond donors (Lipinski definition) is 2. The fourth-order valence-electron chi connectivity index (χ4n) is 1.44. The zero-order valence-corrected chi connectivity index (χ0v) is 9.09. The van der Waals surface area contributed by atoms with E-state index in [9.17, 15) is 5.11 Å². The summed E-state index contributed by atoms with van der Waals surface area (Å²) in [6, 6.07) is 10.6. The number of nitrogens with zero attached hydrogens (tertiary/aromatic N) is 2. The van der Waals surface area contributed by atoms with Crippen LogP contribution in [0, 0.1) is 11.3 Å². The van der Waals surface area contributed by atoms with Crippen LogP contribution in [0.3, 0.4) is 0 Å². The van der Waals surface area contributed by atoms with Crippen molar-refractivity contribution in [2.24, 2.45) is 0 Å². The Morgan fingerprint density at radius 1 is 1.35 bits per heavy atom. The molecule has 2 N–H and O–H groups in total. The van der Waals surface area contributed by atoms with Crippen LogP contribution < -0.4 is 5.32 Å². The highest BCUT2D eigenvalue weighted by Gasteiger charge is 2.01. The van der Waals surface area contributed by atoms with Crippen LogP contribution in [0.25, 0.3) is 0 Å². The summed E-state index contributed by atoms with van der Waals surface area (Å²) in [5.74, 6) is -0.000530. The highest BCUT2D eigenvalue weighted by Crippen LogP contribution is 2.20. The fraction of sp³-hybridized carbons (Fsp3) is 0.0769. The van der Waals surface area contributed by atoms with E-state index in [-0.39, 0.29) is 11.3 Å². The number of benzene rings is 1. The monoisotopic (exact) mass is 225 g/mol. The summed E-state index contributed by atoms with van der Waals surface area (Å²) < 4.78 is 0. The minimum atomic E-state index is -0.000530. The summed E-state index contributed by atoms with van der Waals surface area (Å²) in [6.45, 7) is 0.628. The quantitative estimate of drug-likeness (QED) is 0.786. The Labute approximate surface area is 99.2 Å². The Kier molecular flexibility index (Phi) is 3.22. The molecule has 0 aliphatic rings. The molecule has 0 atom stereocenters. The Hall–Kier alpha value is -2.54. The zero-order valence-electron chi connectivity index (χ0n) is 9.09. The lowest BCUT2D eigenvalue weighted by atomic mass is 10.2. The van der Waals surface area contributed by atoms with Crippen molar-refractivity contribution in [3.8, 4) is 11.8 Å². The van der Waals surface area contributed by atoms with Crippen LogP contribution in [-0.2, 0) is 6.54 Å². The predicted octanol–water partition coefficient (Wildman–Crippen LogP) is 2.27. The van der Waals surface area contributed by atoms with Gasteiger partial charge in [-0.1, -0.05) is 6.07 Å². The highest BCUT2D eigenvalue weighted by molar-refractivity contribution is 5.55. The van der Waals surface area contributed by atoms with Crippen molar-refractivity contribution in [3.63, 3.8) is 0 Å². The van der Waals surface area contributed by atoms with E-state index in [0.717, 1.165) is 11.3 Å². The van der Waals surface area contributed by atoms with Gasteiger partial charge in [-0.3, -0.25) is 4.98 Å². The third-order valence-electron chi connectivity index (χ3n) is 2.34. The Morgan fingerprint density at radius 2 is 2.24 bits per heavy atom. The van der Waals surface area contributed by atoms with Gasteiger partial charge in [-0.15, -0.1) is 0 Å². The van der Waals surface area contributed by atoms with Crippen molar-refractivity contribution in [3.05, 3.63) is 53.9 Å². The lowest BCUT2D eigenvalue weighted by Gasteiger charge is -2.07. The molecule has 1 aromatic carbocycles. The highest BCUT2D eigenvalue weighted by atomic mass is 16.3. The van der Waals surface area contributed by atoms with E-state index in [4.69, 9.17) is 5.26 Å². The average molecular weight is 225 g/mol. The summed E-state index contributed by atoms with van der Waals surface area (Å²) in [7, 11) is 0. The second-order valence-electron chi connectivity index (χ2n) is 3.56. The van der Waals surface area contributed by atoms with E-state index in [1.165, 1.54) is 6.07 Å². The van der Waals surface area contributed by atoms with Crippen molar-refractivity contribution in [1.82, 2.24) is 4.98 Å². The van der Waals surface area contributed by atoms with Gasteiger partial charge in [-0.05, 0) is 29.8 Å². The van der Waals surface area contributed by atoms with Crippen molar-refractivity contribution in [2.45, 2.75) is 6.54 Å². The van der Waals surface area contributed by atoms with E-state index in [1.807, 2.05) is 18.2 Å². The summed E-state index contributed by atoms with van der Waals surface area (Å²) in [6.07, 6.45) is 3.50. The van der Waals surface area contributed by atoms with E-state index in [1.54, 1.807) is 24.5 Å². The third-order valence-corrected chi connectivity index (χ3v) is 2.34. The van der Waals surface area contributed by atoms with Crippen LogP contribution in [0.2, 0.25) is 0 Å². The molecule has 0 saturated carbocycles. The lowest BCUT2D eigenvalue weighted by Crippen LogP contribution is -1.99. The van der Waals surface area contributed by atoms with Gasteiger partial charge in [0.15, 0.2) is 0 Å². The van der Waals surface area contributed by atoms with Crippen LogP contribution in [0.1, 0.15) is 11.1 Å². The number of pyridine rings is 1. The molecule has 0 fully saturated rings. The molecule has 0 aliphatic heterocycles. The molecule has 4 heteroatoms. The van der Waals surface area contributed by atoms with Crippen LogP contribution in [0.4, 0.5) is 5.69 Å². The van der Waals surface area contributed by atoms with Crippen LogP contribution in [0.15, 0.2) is 42.7 Å². The van der Waals surface area contributed by atoms with Crippen molar-refractivity contribution in [1.29, 1.82) is 5.26 Å². The lowest BCUT2D eigenvalue weighted by molar-refractivity contribution is 0.473. The minimum Gasteiger partial charge on any atom is -0.507 e. The SMILES string of the molecule is N#Cc1cc(NCc2cccnc2)ccc1O. The molecule has 17 heavy (non-hydrogen) atoms. The summed E-state index contributed by atoms with van der Waals surface area (Å²) in [4.78, 5) is 4.01. The van der Waals surface area contributed by atoms with Crippen LogP contribution in [0.5, 0.6) is 5.75 Å². The van der Waals surface area contributed by atoms with E-state index < -0.39 is 0 Å². The molecule has 0 unspecified atom stereocenters.